The number of benzene rings is 1. The molecule has 3 heteroatoms. The van der Waals surface area contributed by atoms with Crippen LogP contribution in [0.1, 0.15) is 44.7 Å². The van der Waals surface area contributed by atoms with E-state index in [1.807, 2.05) is 0 Å². The molecule has 1 N–H and O–H groups in total. The minimum atomic E-state index is 0.425. The molecule has 20 heavy (non-hydrogen) atoms. The van der Waals surface area contributed by atoms with E-state index in [2.05, 4.69) is 64.3 Å². The predicted octanol–water partition coefficient (Wildman–Crippen LogP) is 4.22. The highest BCUT2D eigenvalue weighted by molar-refractivity contribution is 9.10. The van der Waals surface area contributed by atoms with Gasteiger partial charge in [-0.05, 0) is 76.0 Å². The summed E-state index contributed by atoms with van der Waals surface area (Å²) >= 11 is 3.53. The molecule has 112 valence electrons. The minimum absolute atomic E-state index is 0.425. The van der Waals surface area contributed by atoms with Crippen LogP contribution in [0.15, 0.2) is 28.7 Å². The molecule has 1 fully saturated rings. The fraction of sp³-hybridized carbons (Fsp3) is 0.647. The van der Waals surface area contributed by atoms with Crippen molar-refractivity contribution in [2.75, 3.05) is 26.2 Å². The van der Waals surface area contributed by atoms with Gasteiger partial charge in [0.1, 0.15) is 0 Å². The summed E-state index contributed by atoms with van der Waals surface area (Å²) in [4.78, 5) is 2.62. The molecular weight excluding hydrogens is 312 g/mol. The third kappa shape index (κ3) is 5.19. The van der Waals surface area contributed by atoms with Crippen LogP contribution in [0, 0.1) is 5.92 Å². The summed E-state index contributed by atoms with van der Waals surface area (Å²) in [6.45, 7) is 9.54. The molecular formula is C17H27BrN2. The zero-order valence-electron chi connectivity index (χ0n) is 12.7. The fourth-order valence-electron chi connectivity index (χ4n) is 2.80. The van der Waals surface area contributed by atoms with Crippen molar-refractivity contribution in [3.8, 4) is 0 Å². The van der Waals surface area contributed by atoms with Gasteiger partial charge in [-0.25, -0.2) is 0 Å². The lowest BCUT2D eigenvalue weighted by atomic mass is 9.99. The molecule has 2 nitrogen and oxygen atoms in total. The smallest absolute Gasteiger partial charge is 0.0292 e. The van der Waals surface area contributed by atoms with Crippen molar-refractivity contribution in [2.24, 2.45) is 5.92 Å². The Kier molecular flexibility index (Phi) is 6.53. The summed E-state index contributed by atoms with van der Waals surface area (Å²) in [5.74, 6) is 0.931. The molecule has 0 aromatic heterocycles. The lowest BCUT2D eigenvalue weighted by molar-refractivity contribution is 0.190. The van der Waals surface area contributed by atoms with Gasteiger partial charge >= 0.3 is 0 Å². The highest BCUT2D eigenvalue weighted by Gasteiger charge is 2.14. The molecule has 0 bridgehead atoms. The first-order chi connectivity index (χ1) is 9.65. The van der Waals surface area contributed by atoms with Gasteiger partial charge in [0.05, 0.1) is 0 Å². The molecule has 1 atom stereocenters. The Balaban J connectivity index is 1.63. The van der Waals surface area contributed by atoms with Gasteiger partial charge in [-0.3, -0.25) is 0 Å². The van der Waals surface area contributed by atoms with Gasteiger partial charge in [-0.1, -0.05) is 35.0 Å². The molecule has 1 aliphatic heterocycles. The third-order valence-electron chi connectivity index (χ3n) is 4.33. The van der Waals surface area contributed by atoms with Gasteiger partial charge < -0.3 is 10.2 Å². The lowest BCUT2D eigenvalue weighted by Gasteiger charge is -2.30. The highest BCUT2D eigenvalue weighted by Crippen LogP contribution is 2.18. The molecule has 1 aromatic rings. The Morgan fingerprint density at radius 1 is 1.35 bits per heavy atom. The molecule has 0 amide bonds. The van der Waals surface area contributed by atoms with E-state index in [9.17, 15) is 0 Å². The fourth-order valence-corrected chi connectivity index (χ4v) is 3.22. The number of hydrogen-bond donors (Lipinski definition) is 1. The highest BCUT2D eigenvalue weighted by atomic mass is 79.9. The van der Waals surface area contributed by atoms with Gasteiger partial charge in [0.25, 0.3) is 0 Å². The normalized spacial score (nSPS) is 19.1. The van der Waals surface area contributed by atoms with Crippen LogP contribution in [0.5, 0.6) is 0 Å². The maximum absolute atomic E-state index is 3.63. The van der Waals surface area contributed by atoms with E-state index in [0.29, 0.717) is 6.04 Å². The van der Waals surface area contributed by atoms with E-state index >= 15 is 0 Å². The second-order valence-electron chi connectivity index (χ2n) is 6.11. The molecule has 1 saturated heterocycles. The predicted molar refractivity (Wildman–Crippen MR) is 90.0 cm³/mol. The second-order valence-corrected chi connectivity index (χ2v) is 7.02. The van der Waals surface area contributed by atoms with Gasteiger partial charge in [0, 0.05) is 10.5 Å². The minimum Gasteiger partial charge on any atom is -0.310 e. The number of halogens is 1. The summed E-state index contributed by atoms with van der Waals surface area (Å²) < 4.78 is 1.16. The summed E-state index contributed by atoms with van der Waals surface area (Å²) in [6.07, 6.45) is 4.00. The molecule has 1 aliphatic rings. The quantitative estimate of drug-likeness (QED) is 0.781. The van der Waals surface area contributed by atoms with Crippen LogP contribution in [0.3, 0.4) is 0 Å². The number of nitrogens with one attached hydrogen (secondary N) is 1. The zero-order chi connectivity index (χ0) is 14.4. The van der Waals surface area contributed by atoms with Crippen LogP contribution in [-0.2, 0) is 0 Å². The Labute approximate surface area is 132 Å². The van der Waals surface area contributed by atoms with E-state index in [0.717, 1.165) is 16.9 Å². The third-order valence-corrected chi connectivity index (χ3v) is 4.82. The van der Waals surface area contributed by atoms with Crippen LogP contribution < -0.4 is 5.32 Å². The van der Waals surface area contributed by atoms with E-state index in [1.165, 1.54) is 44.5 Å². The number of rotatable bonds is 6. The molecule has 0 aliphatic carbocycles. The topological polar surface area (TPSA) is 15.3 Å². The van der Waals surface area contributed by atoms with Crippen LogP contribution in [0.25, 0.3) is 0 Å². The molecule has 1 aromatic carbocycles. The van der Waals surface area contributed by atoms with Gasteiger partial charge in [-0.2, -0.15) is 0 Å². The summed E-state index contributed by atoms with van der Waals surface area (Å²) in [5, 5.41) is 3.63. The largest absolute Gasteiger partial charge is 0.310 e. The van der Waals surface area contributed by atoms with Gasteiger partial charge in [0.15, 0.2) is 0 Å². The van der Waals surface area contributed by atoms with Crippen LogP contribution >= 0.6 is 15.9 Å². The van der Waals surface area contributed by atoms with Crippen molar-refractivity contribution in [3.05, 3.63) is 34.3 Å². The SMILES string of the molecule is CC1CCN(CCCNC(C)c2cccc(Br)c2)CC1. The van der Waals surface area contributed by atoms with E-state index < -0.39 is 0 Å². The number of likely N-dealkylation sites (tertiary alicyclic amines) is 1. The van der Waals surface area contributed by atoms with E-state index in [4.69, 9.17) is 0 Å². The summed E-state index contributed by atoms with van der Waals surface area (Å²) in [5.41, 5.74) is 1.35. The second kappa shape index (κ2) is 8.16. The van der Waals surface area contributed by atoms with Crippen LogP contribution in [0.4, 0.5) is 0 Å². The van der Waals surface area contributed by atoms with Crippen molar-refractivity contribution in [1.29, 1.82) is 0 Å². The number of hydrogen-bond acceptors (Lipinski definition) is 2. The zero-order valence-corrected chi connectivity index (χ0v) is 14.3. The van der Waals surface area contributed by atoms with Gasteiger partial charge in [0.2, 0.25) is 0 Å². The summed E-state index contributed by atoms with van der Waals surface area (Å²) in [6, 6.07) is 8.99. The van der Waals surface area contributed by atoms with Crippen LogP contribution in [0.2, 0.25) is 0 Å². The average Bonchev–Trinajstić information content (AvgIpc) is 2.45. The Hall–Kier alpha value is -0.380. The molecule has 0 spiro atoms. The number of nitrogens with zero attached hydrogens (tertiary/aromatic N) is 1. The molecule has 1 unspecified atom stereocenters. The van der Waals surface area contributed by atoms with Crippen molar-refractivity contribution in [1.82, 2.24) is 10.2 Å². The van der Waals surface area contributed by atoms with E-state index in [-0.39, 0.29) is 0 Å². The van der Waals surface area contributed by atoms with Crippen LogP contribution in [-0.4, -0.2) is 31.1 Å². The Bertz CT molecular complexity index is 400. The van der Waals surface area contributed by atoms with E-state index in [1.54, 1.807) is 0 Å². The van der Waals surface area contributed by atoms with Crippen molar-refractivity contribution >= 4 is 15.9 Å². The first kappa shape index (κ1) is 16.0. The van der Waals surface area contributed by atoms with Crippen molar-refractivity contribution in [2.45, 2.75) is 39.2 Å². The number of piperidine rings is 1. The lowest BCUT2D eigenvalue weighted by Crippen LogP contribution is -2.35. The molecule has 0 saturated carbocycles. The molecule has 0 radical (unpaired) electrons. The first-order valence-corrected chi connectivity index (χ1v) is 8.65. The average molecular weight is 339 g/mol. The molecule has 1 heterocycles. The van der Waals surface area contributed by atoms with Crippen molar-refractivity contribution in [3.63, 3.8) is 0 Å². The molecule has 2 rings (SSSR count). The Morgan fingerprint density at radius 2 is 2.10 bits per heavy atom. The standard InChI is InChI=1S/C17H27BrN2/c1-14-7-11-20(12-8-14)10-4-9-19-15(2)16-5-3-6-17(18)13-16/h3,5-6,13-15,19H,4,7-12H2,1-2H3. The monoisotopic (exact) mass is 338 g/mol. The Morgan fingerprint density at radius 3 is 2.80 bits per heavy atom. The first-order valence-electron chi connectivity index (χ1n) is 7.86. The van der Waals surface area contributed by atoms with Crippen molar-refractivity contribution < 1.29 is 0 Å². The maximum atomic E-state index is 3.63. The van der Waals surface area contributed by atoms with Gasteiger partial charge in [-0.15, -0.1) is 0 Å². The maximum Gasteiger partial charge on any atom is 0.0292 e. The summed E-state index contributed by atoms with van der Waals surface area (Å²) in [7, 11) is 0.